The van der Waals surface area contributed by atoms with Crippen molar-refractivity contribution in [1.29, 1.82) is 0 Å². The standard InChI is InChI=1S/C23H21F3N3/c1-22(2,3)16-8-7-11-19(12-16)29-15-28(18-9-5-4-6-10-18)20-13-17(23(24,25)26)14-27-21(20)29/h4-15H,1-3H3/q+1. The van der Waals surface area contributed by atoms with Crippen molar-refractivity contribution in [2.45, 2.75) is 32.4 Å². The molecule has 2 aromatic carbocycles. The first kappa shape index (κ1) is 19.2. The van der Waals surface area contributed by atoms with Gasteiger partial charge in [0.1, 0.15) is 11.4 Å². The molecule has 0 saturated heterocycles. The number of para-hydroxylation sites is 1. The Kier molecular flexibility index (Phi) is 4.45. The van der Waals surface area contributed by atoms with Gasteiger partial charge in [-0.05, 0) is 35.2 Å². The van der Waals surface area contributed by atoms with Gasteiger partial charge in [0, 0.05) is 12.3 Å². The largest absolute Gasteiger partial charge is 0.418 e. The number of halogens is 3. The molecule has 0 atom stereocenters. The summed E-state index contributed by atoms with van der Waals surface area (Å²) in [6, 6.07) is 18.4. The summed E-state index contributed by atoms with van der Waals surface area (Å²) in [6.45, 7) is 6.37. The highest BCUT2D eigenvalue weighted by Crippen LogP contribution is 2.31. The van der Waals surface area contributed by atoms with Crippen molar-refractivity contribution in [2.75, 3.05) is 0 Å². The van der Waals surface area contributed by atoms with Crippen LogP contribution < -0.4 is 4.57 Å². The minimum absolute atomic E-state index is 0.0503. The molecule has 3 nitrogen and oxygen atoms in total. The Bertz CT molecular complexity index is 1170. The van der Waals surface area contributed by atoms with Gasteiger partial charge >= 0.3 is 6.18 Å². The van der Waals surface area contributed by atoms with Crippen LogP contribution in [0.1, 0.15) is 31.9 Å². The molecule has 0 unspecified atom stereocenters. The van der Waals surface area contributed by atoms with Crippen LogP contribution in [0.3, 0.4) is 0 Å². The number of benzene rings is 2. The van der Waals surface area contributed by atoms with E-state index in [9.17, 15) is 13.2 Å². The van der Waals surface area contributed by atoms with Gasteiger partial charge < -0.3 is 0 Å². The third-order valence-electron chi connectivity index (χ3n) is 4.92. The first-order valence-electron chi connectivity index (χ1n) is 9.31. The van der Waals surface area contributed by atoms with Crippen LogP contribution in [-0.2, 0) is 11.6 Å². The van der Waals surface area contributed by atoms with E-state index in [1.54, 1.807) is 10.9 Å². The Balaban J connectivity index is 1.99. The van der Waals surface area contributed by atoms with Crippen LogP contribution in [0, 0.1) is 0 Å². The average Bonchev–Trinajstić information content (AvgIpc) is 3.06. The van der Waals surface area contributed by atoms with Crippen LogP contribution in [0.4, 0.5) is 13.2 Å². The van der Waals surface area contributed by atoms with E-state index in [2.05, 4.69) is 31.8 Å². The van der Waals surface area contributed by atoms with E-state index < -0.39 is 11.7 Å². The third-order valence-corrected chi connectivity index (χ3v) is 4.92. The number of fused-ring (bicyclic) bond motifs is 1. The molecule has 0 spiro atoms. The van der Waals surface area contributed by atoms with E-state index in [-0.39, 0.29) is 5.41 Å². The lowest BCUT2D eigenvalue weighted by atomic mass is 9.87. The zero-order chi connectivity index (χ0) is 20.8. The summed E-state index contributed by atoms with van der Waals surface area (Å²) in [5.41, 5.74) is 2.80. The Hall–Kier alpha value is -3.15. The molecule has 148 valence electrons. The number of aromatic nitrogens is 3. The van der Waals surface area contributed by atoms with Crippen LogP contribution >= 0.6 is 0 Å². The first-order chi connectivity index (χ1) is 13.6. The topological polar surface area (TPSA) is 21.7 Å². The molecule has 0 aliphatic rings. The third kappa shape index (κ3) is 3.62. The number of imidazole rings is 1. The SMILES string of the molecule is CC(C)(C)c1cccc(-n2c[n+](-c3ccccc3)c3cc(C(F)(F)F)cnc32)c1. The quantitative estimate of drug-likeness (QED) is 0.403. The van der Waals surface area contributed by atoms with Crippen molar-refractivity contribution in [2.24, 2.45) is 0 Å². The molecule has 0 N–H and O–H groups in total. The molecule has 4 rings (SSSR count). The molecule has 2 heterocycles. The molecule has 29 heavy (non-hydrogen) atoms. The highest BCUT2D eigenvalue weighted by atomic mass is 19.4. The second-order valence-electron chi connectivity index (χ2n) is 8.06. The number of hydrogen-bond acceptors (Lipinski definition) is 1. The van der Waals surface area contributed by atoms with Gasteiger partial charge in [0.25, 0.3) is 12.0 Å². The van der Waals surface area contributed by atoms with Gasteiger partial charge in [-0.15, -0.1) is 0 Å². The summed E-state index contributed by atoms with van der Waals surface area (Å²) >= 11 is 0. The molecule has 2 aromatic heterocycles. The first-order valence-corrected chi connectivity index (χ1v) is 9.31. The van der Waals surface area contributed by atoms with Crippen molar-refractivity contribution in [1.82, 2.24) is 9.55 Å². The molecular weight excluding hydrogens is 375 g/mol. The molecule has 6 heteroatoms. The molecule has 0 amide bonds. The Morgan fingerprint density at radius 3 is 2.24 bits per heavy atom. The van der Waals surface area contributed by atoms with Crippen LogP contribution in [0.2, 0.25) is 0 Å². The molecule has 0 saturated carbocycles. The molecule has 0 aliphatic carbocycles. The fraction of sp³-hybridized carbons (Fsp3) is 0.217. The van der Waals surface area contributed by atoms with E-state index in [0.717, 1.165) is 29.2 Å². The molecular formula is C23H21F3N3+. The smallest absolute Gasteiger partial charge is 0.213 e. The monoisotopic (exact) mass is 396 g/mol. The predicted octanol–water partition coefficient (Wildman–Crippen LogP) is 5.62. The summed E-state index contributed by atoms with van der Waals surface area (Å²) in [4.78, 5) is 4.18. The highest BCUT2D eigenvalue weighted by Gasteiger charge is 2.33. The second-order valence-corrected chi connectivity index (χ2v) is 8.06. The Morgan fingerprint density at radius 1 is 0.862 bits per heavy atom. The number of hydrogen-bond donors (Lipinski definition) is 0. The van der Waals surface area contributed by atoms with Crippen LogP contribution in [-0.4, -0.2) is 9.55 Å². The number of nitrogens with zero attached hydrogens (tertiary/aromatic N) is 3. The van der Waals surface area contributed by atoms with Gasteiger partial charge in [-0.3, -0.25) is 0 Å². The summed E-state index contributed by atoms with van der Waals surface area (Å²) in [5, 5.41) is 0. The normalized spacial score (nSPS) is 12.5. The van der Waals surface area contributed by atoms with Crippen molar-refractivity contribution >= 4 is 11.2 Å². The van der Waals surface area contributed by atoms with Gasteiger partial charge in [-0.25, -0.2) is 4.98 Å². The van der Waals surface area contributed by atoms with E-state index in [1.165, 1.54) is 0 Å². The predicted molar refractivity (Wildman–Crippen MR) is 106 cm³/mol. The molecule has 4 aromatic rings. The lowest BCUT2D eigenvalue weighted by Gasteiger charge is -2.18. The molecule has 0 bridgehead atoms. The summed E-state index contributed by atoms with van der Waals surface area (Å²) in [6.07, 6.45) is -1.78. The Morgan fingerprint density at radius 2 is 1.59 bits per heavy atom. The lowest BCUT2D eigenvalue weighted by Crippen LogP contribution is -2.29. The van der Waals surface area contributed by atoms with Gasteiger partial charge in [0.05, 0.1) is 5.56 Å². The molecule has 0 aliphatic heterocycles. The maximum atomic E-state index is 13.3. The summed E-state index contributed by atoms with van der Waals surface area (Å²) < 4.78 is 43.5. The Labute approximate surface area is 167 Å². The molecule has 0 fully saturated rings. The van der Waals surface area contributed by atoms with Crippen molar-refractivity contribution in [3.8, 4) is 11.4 Å². The maximum Gasteiger partial charge on any atom is 0.418 e. The van der Waals surface area contributed by atoms with Gasteiger partial charge in [0.15, 0.2) is 0 Å². The zero-order valence-corrected chi connectivity index (χ0v) is 16.4. The van der Waals surface area contributed by atoms with Gasteiger partial charge in [0.2, 0.25) is 5.52 Å². The van der Waals surface area contributed by atoms with E-state index in [1.807, 2.05) is 53.1 Å². The number of pyridine rings is 1. The van der Waals surface area contributed by atoms with Crippen molar-refractivity contribution in [3.63, 3.8) is 0 Å². The van der Waals surface area contributed by atoms with Crippen molar-refractivity contribution in [3.05, 3.63) is 84.3 Å². The van der Waals surface area contributed by atoms with Gasteiger partial charge in [-0.2, -0.15) is 22.3 Å². The fourth-order valence-corrected chi connectivity index (χ4v) is 3.30. The number of rotatable bonds is 2. The van der Waals surface area contributed by atoms with Crippen molar-refractivity contribution < 1.29 is 17.7 Å². The molecule has 0 radical (unpaired) electrons. The lowest BCUT2D eigenvalue weighted by molar-refractivity contribution is -0.567. The second kappa shape index (κ2) is 6.72. The maximum absolute atomic E-state index is 13.3. The highest BCUT2D eigenvalue weighted by molar-refractivity contribution is 5.71. The van der Waals surface area contributed by atoms with E-state index >= 15 is 0 Å². The summed E-state index contributed by atoms with van der Waals surface area (Å²) in [7, 11) is 0. The number of alkyl halides is 3. The average molecular weight is 396 g/mol. The van der Waals surface area contributed by atoms with Gasteiger partial charge in [-0.1, -0.05) is 51.1 Å². The van der Waals surface area contributed by atoms with E-state index in [0.29, 0.717) is 11.2 Å². The minimum atomic E-state index is -4.45. The fourth-order valence-electron chi connectivity index (χ4n) is 3.30. The summed E-state index contributed by atoms with van der Waals surface area (Å²) in [5.74, 6) is 0. The minimum Gasteiger partial charge on any atom is -0.213 e. The van der Waals surface area contributed by atoms with Crippen LogP contribution in [0.15, 0.2) is 73.2 Å². The van der Waals surface area contributed by atoms with E-state index in [4.69, 9.17) is 0 Å². The van der Waals surface area contributed by atoms with Crippen LogP contribution in [0.5, 0.6) is 0 Å². The van der Waals surface area contributed by atoms with Crippen LogP contribution in [0.25, 0.3) is 22.5 Å². The zero-order valence-electron chi connectivity index (χ0n) is 16.4.